The van der Waals surface area contributed by atoms with Crippen LogP contribution in [0.15, 0.2) is 29.4 Å². The molecule has 0 aliphatic rings. The number of non-ortho nitro benzene ring substituents is 1. The van der Waals surface area contributed by atoms with E-state index in [0.717, 1.165) is 0 Å². The number of nitro groups is 1. The van der Waals surface area contributed by atoms with Crippen molar-refractivity contribution in [2.45, 2.75) is 20.8 Å². The number of ether oxygens (including phenoxy) is 1. The van der Waals surface area contributed by atoms with Gasteiger partial charge in [0.1, 0.15) is 5.69 Å². The van der Waals surface area contributed by atoms with E-state index in [0.29, 0.717) is 22.4 Å². The average Bonchev–Trinajstić information content (AvgIpc) is 2.90. The number of nitrogens with zero attached hydrogens (tertiary/aromatic N) is 2. The quantitative estimate of drug-likeness (QED) is 0.355. The lowest BCUT2D eigenvalue weighted by molar-refractivity contribution is -0.384. The summed E-state index contributed by atoms with van der Waals surface area (Å²) in [5.41, 5.74) is 4.46. The molecule has 136 valence electrons. The van der Waals surface area contributed by atoms with E-state index >= 15 is 0 Å². The number of carbonyl (C=O) groups is 2. The summed E-state index contributed by atoms with van der Waals surface area (Å²) in [7, 11) is 0. The monoisotopic (exact) mass is 358 g/mol. The minimum atomic E-state index is -0.515. The lowest BCUT2D eigenvalue weighted by Gasteiger charge is -2.02. The molecule has 0 spiro atoms. The molecule has 2 aromatic rings. The third-order valence-electron chi connectivity index (χ3n) is 3.63. The first-order valence-electron chi connectivity index (χ1n) is 7.79. The highest BCUT2D eigenvalue weighted by molar-refractivity contribution is 6.00. The number of hydrogen-bond acceptors (Lipinski definition) is 6. The molecule has 0 saturated heterocycles. The summed E-state index contributed by atoms with van der Waals surface area (Å²) in [4.78, 5) is 37.2. The molecule has 9 nitrogen and oxygen atoms in total. The fourth-order valence-corrected chi connectivity index (χ4v) is 2.39. The minimum absolute atomic E-state index is 0.0323. The highest BCUT2D eigenvalue weighted by Crippen LogP contribution is 2.19. The van der Waals surface area contributed by atoms with E-state index in [1.54, 1.807) is 20.8 Å². The molecule has 1 amide bonds. The van der Waals surface area contributed by atoms with Crippen molar-refractivity contribution in [2.75, 3.05) is 6.61 Å². The molecule has 0 saturated carbocycles. The van der Waals surface area contributed by atoms with Crippen LogP contribution >= 0.6 is 0 Å². The van der Waals surface area contributed by atoms with Gasteiger partial charge in [-0.1, -0.05) is 0 Å². The van der Waals surface area contributed by atoms with Gasteiger partial charge in [0, 0.05) is 17.8 Å². The number of esters is 1. The molecule has 0 radical (unpaired) electrons. The van der Waals surface area contributed by atoms with Gasteiger partial charge >= 0.3 is 5.97 Å². The molecule has 0 bridgehead atoms. The normalized spacial score (nSPS) is 10.7. The highest BCUT2D eigenvalue weighted by Gasteiger charge is 2.22. The van der Waals surface area contributed by atoms with Crippen molar-refractivity contribution in [3.63, 3.8) is 0 Å². The lowest BCUT2D eigenvalue weighted by Crippen LogP contribution is -2.19. The molecule has 26 heavy (non-hydrogen) atoms. The Bertz CT molecular complexity index is 868. The highest BCUT2D eigenvalue weighted by atomic mass is 16.6. The summed E-state index contributed by atoms with van der Waals surface area (Å²) < 4.78 is 4.98. The number of benzene rings is 1. The molecule has 0 unspecified atom stereocenters. The summed E-state index contributed by atoms with van der Waals surface area (Å²) in [6, 6.07) is 5.70. The van der Waals surface area contributed by atoms with Crippen molar-refractivity contribution in [2.24, 2.45) is 5.10 Å². The van der Waals surface area contributed by atoms with E-state index in [-0.39, 0.29) is 18.0 Å². The van der Waals surface area contributed by atoms with Crippen LogP contribution in [0.25, 0.3) is 0 Å². The van der Waals surface area contributed by atoms with Gasteiger partial charge in [0.25, 0.3) is 11.6 Å². The van der Waals surface area contributed by atoms with E-state index in [9.17, 15) is 19.7 Å². The number of H-pyrrole nitrogens is 1. The fourth-order valence-electron chi connectivity index (χ4n) is 2.39. The number of carbonyl (C=O) groups excluding carboxylic acids is 2. The molecule has 1 aromatic heterocycles. The zero-order valence-corrected chi connectivity index (χ0v) is 14.5. The van der Waals surface area contributed by atoms with Crippen LogP contribution in [0.2, 0.25) is 0 Å². The van der Waals surface area contributed by atoms with Gasteiger partial charge in [0.15, 0.2) is 0 Å². The third-order valence-corrected chi connectivity index (χ3v) is 3.63. The van der Waals surface area contributed by atoms with E-state index in [2.05, 4.69) is 15.5 Å². The van der Waals surface area contributed by atoms with Crippen molar-refractivity contribution in [1.82, 2.24) is 10.4 Å². The average molecular weight is 358 g/mol. The second kappa shape index (κ2) is 8.06. The van der Waals surface area contributed by atoms with Gasteiger partial charge in [0.2, 0.25) is 0 Å². The van der Waals surface area contributed by atoms with E-state index < -0.39 is 16.8 Å². The van der Waals surface area contributed by atoms with E-state index in [4.69, 9.17) is 4.74 Å². The number of hydrazone groups is 1. The third kappa shape index (κ3) is 4.12. The number of nitrogens with one attached hydrogen (secondary N) is 2. The van der Waals surface area contributed by atoms with Gasteiger partial charge in [0.05, 0.1) is 23.3 Å². The van der Waals surface area contributed by atoms with Crippen molar-refractivity contribution in [3.05, 3.63) is 62.5 Å². The van der Waals surface area contributed by atoms with Crippen molar-refractivity contribution < 1.29 is 19.2 Å². The molecule has 2 rings (SSSR count). The Labute approximate surface area is 149 Å². The van der Waals surface area contributed by atoms with Gasteiger partial charge in [-0.25, -0.2) is 10.2 Å². The topological polar surface area (TPSA) is 127 Å². The first-order chi connectivity index (χ1) is 12.3. The zero-order valence-electron chi connectivity index (χ0n) is 14.5. The number of amides is 1. The van der Waals surface area contributed by atoms with Gasteiger partial charge in [-0.15, -0.1) is 0 Å². The van der Waals surface area contributed by atoms with E-state index in [1.165, 1.54) is 30.5 Å². The van der Waals surface area contributed by atoms with Crippen LogP contribution in [0.3, 0.4) is 0 Å². The Morgan fingerprint density at radius 3 is 2.54 bits per heavy atom. The number of hydrogen-bond donors (Lipinski definition) is 2. The molecule has 1 aromatic carbocycles. The zero-order chi connectivity index (χ0) is 19.3. The number of rotatable bonds is 6. The standard InChI is InChI=1S/C17H18N4O5/c1-4-26-17(23)14-10(2)15(19-11(14)3)16(22)20-18-9-12-5-7-13(8-6-12)21(24)25/h5-9,19H,4H2,1-3H3,(H,20,22)/b18-9-. The number of aromatic nitrogens is 1. The van der Waals surface area contributed by atoms with Gasteiger partial charge in [-0.3, -0.25) is 14.9 Å². The molecule has 1 heterocycles. The largest absolute Gasteiger partial charge is 0.462 e. The molecule has 2 N–H and O–H groups in total. The maximum absolute atomic E-state index is 12.2. The van der Waals surface area contributed by atoms with Crippen LogP contribution in [0.5, 0.6) is 0 Å². The summed E-state index contributed by atoms with van der Waals surface area (Å²) in [6.07, 6.45) is 1.36. The van der Waals surface area contributed by atoms with Crippen LogP contribution < -0.4 is 5.43 Å². The van der Waals surface area contributed by atoms with Crippen LogP contribution in [0, 0.1) is 24.0 Å². The molecule has 0 atom stereocenters. The first kappa shape index (κ1) is 18.8. The Hall–Kier alpha value is -3.49. The SMILES string of the molecule is CCOC(=O)c1c(C)[nH]c(C(=O)N/N=C\c2ccc([N+](=O)[O-])cc2)c1C. The van der Waals surface area contributed by atoms with Crippen LogP contribution in [-0.2, 0) is 4.74 Å². The van der Waals surface area contributed by atoms with Crippen molar-refractivity contribution in [3.8, 4) is 0 Å². The molecular formula is C17H18N4O5. The molecule has 9 heteroatoms. The van der Waals surface area contributed by atoms with Crippen LogP contribution in [-0.4, -0.2) is 34.6 Å². The molecular weight excluding hydrogens is 340 g/mol. The summed E-state index contributed by atoms with van der Waals surface area (Å²) in [5.74, 6) is -1.01. The predicted octanol–water partition coefficient (Wildman–Crippen LogP) is 2.48. The predicted molar refractivity (Wildman–Crippen MR) is 94.4 cm³/mol. The summed E-state index contributed by atoms with van der Waals surface area (Å²) in [6.45, 7) is 5.26. The van der Waals surface area contributed by atoms with E-state index in [1.807, 2.05) is 0 Å². The van der Waals surface area contributed by atoms with Gasteiger partial charge < -0.3 is 9.72 Å². The summed E-state index contributed by atoms with van der Waals surface area (Å²) in [5, 5.41) is 14.4. The Morgan fingerprint density at radius 1 is 1.31 bits per heavy atom. The van der Waals surface area contributed by atoms with Gasteiger partial charge in [-0.05, 0) is 44.0 Å². The van der Waals surface area contributed by atoms with Gasteiger partial charge in [-0.2, -0.15) is 5.10 Å². The fraction of sp³-hybridized carbons (Fsp3) is 0.235. The van der Waals surface area contributed by atoms with Crippen molar-refractivity contribution in [1.29, 1.82) is 0 Å². The Kier molecular flexibility index (Phi) is 5.84. The Morgan fingerprint density at radius 2 is 1.96 bits per heavy atom. The molecule has 0 aliphatic carbocycles. The smallest absolute Gasteiger partial charge is 0.340 e. The number of aryl methyl sites for hydroxylation is 1. The second-order valence-corrected chi connectivity index (χ2v) is 5.39. The first-order valence-corrected chi connectivity index (χ1v) is 7.79. The Balaban J connectivity index is 2.09. The maximum atomic E-state index is 12.2. The van der Waals surface area contributed by atoms with Crippen LogP contribution in [0.1, 0.15) is 44.6 Å². The second-order valence-electron chi connectivity index (χ2n) is 5.39. The minimum Gasteiger partial charge on any atom is -0.462 e. The maximum Gasteiger partial charge on any atom is 0.340 e. The molecule has 0 fully saturated rings. The van der Waals surface area contributed by atoms with Crippen LogP contribution in [0.4, 0.5) is 5.69 Å². The lowest BCUT2D eigenvalue weighted by atomic mass is 10.1. The summed E-state index contributed by atoms with van der Waals surface area (Å²) >= 11 is 0. The number of aromatic amines is 1. The van der Waals surface area contributed by atoms with Crippen molar-refractivity contribution >= 4 is 23.8 Å². The number of nitro benzene ring substituents is 1. The molecule has 0 aliphatic heterocycles.